The van der Waals surface area contributed by atoms with Gasteiger partial charge in [-0.05, 0) is 37.4 Å². The molecule has 1 aliphatic heterocycles. The molecular formula is C18H28N4O2. The Hall–Kier alpha value is -2.08. The molecule has 1 aliphatic rings. The van der Waals surface area contributed by atoms with E-state index in [0.29, 0.717) is 25.6 Å². The summed E-state index contributed by atoms with van der Waals surface area (Å²) in [6, 6.07) is 10.4. The van der Waals surface area contributed by atoms with Gasteiger partial charge < -0.3 is 16.0 Å². The van der Waals surface area contributed by atoms with Crippen LogP contribution in [0.15, 0.2) is 30.3 Å². The Labute approximate surface area is 144 Å². The van der Waals surface area contributed by atoms with Crippen molar-refractivity contribution in [2.75, 3.05) is 32.7 Å². The lowest BCUT2D eigenvalue weighted by atomic mass is 9.96. The third kappa shape index (κ3) is 7.00. The molecule has 24 heavy (non-hydrogen) atoms. The number of piperidine rings is 1. The van der Waals surface area contributed by atoms with Crippen molar-refractivity contribution in [1.29, 1.82) is 0 Å². The summed E-state index contributed by atoms with van der Waals surface area (Å²) in [5.41, 5.74) is 1.35. The fourth-order valence-corrected chi connectivity index (χ4v) is 2.90. The second-order valence-electron chi connectivity index (χ2n) is 6.32. The van der Waals surface area contributed by atoms with Crippen LogP contribution in [0.4, 0.5) is 4.79 Å². The van der Waals surface area contributed by atoms with Gasteiger partial charge >= 0.3 is 6.03 Å². The van der Waals surface area contributed by atoms with Crippen LogP contribution in [0.3, 0.4) is 0 Å². The maximum absolute atomic E-state index is 11.7. The number of nitrogens with zero attached hydrogens (tertiary/aromatic N) is 1. The van der Waals surface area contributed by atoms with Gasteiger partial charge in [0.15, 0.2) is 0 Å². The first-order chi connectivity index (χ1) is 11.6. The highest BCUT2D eigenvalue weighted by Crippen LogP contribution is 2.18. The SMILES string of the molecule is CC(=O)NCCNC(=O)NCC1CCN(Cc2ccccc2)CC1. The highest BCUT2D eigenvalue weighted by atomic mass is 16.2. The van der Waals surface area contributed by atoms with Crippen molar-refractivity contribution in [3.8, 4) is 0 Å². The Balaban J connectivity index is 1.56. The molecule has 6 nitrogen and oxygen atoms in total. The van der Waals surface area contributed by atoms with E-state index >= 15 is 0 Å². The lowest BCUT2D eigenvalue weighted by Gasteiger charge is -2.32. The Morgan fingerprint density at radius 3 is 2.38 bits per heavy atom. The Kier molecular flexibility index (Phi) is 7.55. The van der Waals surface area contributed by atoms with E-state index in [2.05, 4.69) is 45.1 Å². The molecule has 0 atom stereocenters. The van der Waals surface area contributed by atoms with Gasteiger partial charge in [0.2, 0.25) is 5.91 Å². The van der Waals surface area contributed by atoms with Crippen molar-refractivity contribution in [1.82, 2.24) is 20.9 Å². The molecule has 3 amide bonds. The summed E-state index contributed by atoms with van der Waals surface area (Å²) in [5.74, 6) is 0.456. The lowest BCUT2D eigenvalue weighted by Crippen LogP contribution is -2.43. The molecule has 0 saturated carbocycles. The molecular weight excluding hydrogens is 304 g/mol. The number of carbonyl (C=O) groups is 2. The number of nitrogens with one attached hydrogen (secondary N) is 3. The van der Waals surface area contributed by atoms with Gasteiger partial charge in [0.05, 0.1) is 0 Å². The Morgan fingerprint density at radius 2 is 1.71 bits per heavy atom. The summed E-state index contributed by atoms with van der Waals surface area (Å²) in [5, 5.41) is 8.31. The lowest BCUT2D eigenvalue weighted by molar-refractivity contribution is -0.118. The average molecular weight is 332 g/mol. The van der Waals surface area contributed by atoms with Gasteiger partial charge in [-0.2, -0.15) is 0 Å². The van der Waals surface area contributed by atoms with Gasteiger partial charge in [0, 0.05) is 33.1 Å². The molecule has 1 fully saturated rings. The molecule has 6 heteroatoms. The van der Waals surface area contributed by atoms with E-state index < -0.39 is 0 Å². The third-order valence-corrected chi connectivity index (χ3v) is 4.29. The summed E-state index contributed by atoms with van der Waals surface area (Å²) in [6.45, 7) is 6.23. The van der Waals surface area contributed by atoms with Gasteiger partial charge in [-0.25, -0.2) is 4.79 Å². The van der Waals surface area contributed by atoms with E-state index in [-0.39, 0.29) is 11.9 Å². The van der Waals surface area contributed by atoms with E-state index in [9.17, 15) is 9.59 Å². The maximum Gasteiger partial charge on any atom is 0.314 e. The minimum absolute atomic E-state index is 0.0838. The summed E-state index contributed by atoms with van der Waals surface area (Å²) >= 11 is 0. The standard InChI is InChI=1S/C18H28N4O2/c1-15(23)19-9-10-20-18(24)21-13-16-7-11-22(12-8-16)14-17-5-3-2-4-6-17/h2-6,16H,7-14H2,1H3,(H,19,23)(H2,20,21,24). The molecule has 1 heterocycles. The van der Waals surface area contributed by atoms with Gasteiger partial charge in [0.25, 0.3) is 0 Å². The molecule has 132 valence electrons. The number of urea groups is 1. The summed E-state index contributed by atoms with van der Waals surface area (Å²) in [7, 11) is 0. The smallest absolute Gasteiger partial charge is 0.314 e. The highest BCUT2D eigenvalue weighted by molar-refractivity contribution is 5.74. The summed E-state index contributed by atoms with van der Waals surface area (Å²) in [4.78, 5) is 24.9. The van der Waals surface area contributed by atoms with Crippen LogP contribution in [-0.4, -0.2) is 49.6 Å². The molecule has 1 aromatic carbocycles. The van der Waals surface area contributed by atoms with Crippen molar-refractivity contribution in [2.24, 2.45) is 5.92 Å². The first-order valence-corrected chi connectivity index (χ1v) is 8.66. The zero-order chi connectivity index (χ0) is 17.2. The molecule has 2 rings (SSSR count). The van der Waals surface area contributed by atoms with Crippen molar-refractivity contribution in [3.63, 3.8) is 0 Å². The number of amides is 3. The minimum Gasteiger partial charge on any atom is -0.355 e. The van der Waals surface area contributed by atoms with Crippen molar-refractivity contribution >= 4 is 11.9 Å². The number of rotatable bonds is 7. The second-order valence-corrected chi connectivity index (χ2v) is 6.32. The van der Waals surface area contributed by atoms with E-state index in [4.69, 9.17) is 0 Å². The Morgan fingerprint density at radius 1 is 1.04 bits per heavy atom. The normalized spacial score (nSPS) is 15.7. The minimum atomic E-state index is -0.160. The predicted molar refractivity (Wildman–Crippen MR) is 94.5 cm³/mol. The van der Waals surface area contributed by atoms with E-state index in [1.165, 1.54) is 12.5 Å². The predicted octanol–water partition coefficient (Wildman–Crippen LogP) is 1.33. The van der Waals surface area contributed by atoms with Gasteiger partial charge in [0.1, 0.15) is 0 Å². The van der Waals surface area contributed by atoms with Crippen LogP contribution in [0.1, 0.15) is 25.3 Å². The fraction of sp³-hybridized carbons (Fsp3) is 0.556. The van der Waals surface area contributed by atoms with Gasteiger partial charge in [-0.3, -0.25) is 9.69 Å². The summed E-state index contributed by atoms with van der Waals surface area (Å²) < 4.78 is 0. The summed E-state index contributed by atoms with van der Waals surface area (Å²) in [6.07, 6.45) is 2.22. The molecule has 0 unspecified atom stereocenters. The molecule has 0 spiro atoms. The topological polar surface area (TPSA) is 73.5 Å². The third-order valence-electron chi connectivity index (χ3n) is 4.29. The quantitative estimate of drug-likeness (QED) is 0.660. The Bertz CT molecular complexity index is 513. The molecule has 0 radical (unpaired) electrons. The molecule has 0 aromatic heterocycles. The average Bonchev–Trinajstić information content (AvgIpc) is 2.59. The first kappa shape index (κ1) is 18.3. The zero-order valence-corrected chi connectivity index (χ0v) is 14.4. The van der Waals surface area contributed by atoms with Crippen LogP contribution in [0.5, 0.6) is 0 Å². The zero-order valence-electron chi connectivity index (χ0n) is 14.4. The van der Waals surface area contributed by atoms with Crippen LogP contribution in [0.2, 0.25) is 0 Å². The van der Waals surface area contributed by atoms with Crippen LogP contribution in [0.25, 0.3) is 0 Å². The van der Waals surface area contributed by atoms with Crippen molar-refractivity contribution in [2.45, 2.75) is 26.3 Å². The van der Waals surface area contributed by atoms with Crippen LogP contribution in [0, 0.1) is 5.92 Å². The van der Waals surface area contributed by atoms with E-state index in [1.807, 2.05) is 6.07 Å². The van der Waals surface area contributed by atoms with Crippen molar-refractivity contribution in [3.05, 3.63) is 35.9 Å². The molecule has 0 aliphatic carbocycles. The fourth-order valence-electron chi connectivity index (χ4n) is 2.90. The number of hydrogen-bond donors (Lipinski definition) is 3. The largest absolute Gasteiger partial charge is 0.355 e. The van der Waals surface area contributed by atoms with Crippen LogP contribution >= 0.6 is 0 Å². The molecule has 1 saturated heterocycles. The van der Waals surface area contributed by atoms with Gasteiger partial charge in [-0.1, -0.05) is 30.3 Å². The number of benzene rings is 1. The molecule has 3 N–H and O–H groups in total. The molecule has 1 aromatic rings. The van der Waals surface area contributed by atoms with E-state index in [0.717, 1.165) is 32.5 Å². The van der Waals surface area contributed by atoms with Crippen molar-refractivity contribution < 1.29 is 9.59 Å². The maximum atomic E-state index is 11.7. The van der Waals surface area contributed by atoms with Crippen LogP contribution < -0.4 is 16.0 Å². The number of likely N-dealkylation sites (tertiary alicyclic amines) is 1. The van der Waals surface area contributed by atoms with Crippen LogP contribution in [-0.2, 0) is 11.3 Å². The highest BCUT2D eigenvalue weighted by Gasteiger charge is 2.19. The molecule has 0 bridgehead atoms. The van der Waals surface area contributed by atoms with Gasteiger partial charge in [-0.15, -0.1) is 0 Å². The first-order valence-electron chi connectivity index (χ1n) is 8.66. The monoisotopic (exact) mass is 332 g/mol. The van der Waals surface area contributed by atoms with E-state index in [1.54, 1.807) is 0 Å². The second kappa shape index (κ2) is 9.93. The number of carbonyl (C=O) groups excluding carboxylic acids is 2. The number of hydrogen-bond acceptors (Lipinski definition) is 3.